The van der Waals surface area contributed by atoms with Gasteiger partial charge in [-0.3, -0.25) is 4.79 Å². The monoisotopic (exact) mass is 248 g/mol. The third kappa shape index (κ3) is 1.83. The molecule has 2 heterocycles. The van der Waals surface area contributed by atoms with Crippen LogP contribution in [-0.2, 0) is 4.79 Å². The summed E-state index contributed by atoms with van der Waals surface area (Å²) in [7, 11) is 1.79. The molecule has 5 heteroatoms. The highest BCUT2D eigenvalue weighted by Gasteiger charge is 2.37. The molecule has 0 saturated heterocycles. The third-order valence-electron chi connectivity index (χ3n) is 3.37. The van der Waals surface area contributed by atoms with Gasteiger partial charge < -0.3 is 9.80 Å². The van der Waals surface area contributed by atoms with E-state index in [9.17, 15) is 4.79 Å². The number of rotatable bonds is 2. The minimum Gasteiger partial charge on any atom is -0.340 e. The van der Waals surface area contributed by atoms with Gasteiger partial charge in [0.15, 0.2) is 5.82 Å². The highest BCUT2D eigenvalue weighted by Crippen LogP contribution is 2.35. The van der Waals surface area contributed by atoms with Crippen molar-refractivity contribution >= 4 is 17.4 Å². The van der Waals surface area contributed by atoms with E-state index in [2.05, 4.69) is 28.7 Å². The van der Waals surface area contributed by atoms with Crippen molar-refractivity contribution in [1.29, 1.82) is 0 Å². The summed E-state index contributed by atoms with van der Waals surface area (Å²) in [5.74, 6) is 1.72. The van der Waals surface area contributed by atoms with Crippen molar-refractivity contribution in [3.05, 3.63) is 12.0 Å². The van der Waals surface area contributed by atoms with E-state index in [1.54, 1.807) is 18.1 Å². The summed E-state index contributed by atoms with van der Waals surface area (Å²) in [5.41, 5.74) is 0.795. The van der Waals surface area contributed by atoms with Gasteiger partial charge >= 0.3 is 0 Å². The molecule has 1 aromatic rings. The Balaban J connectivity index is 2.60. The zero-order valence-corrected chi connectivity index (χ0v) is 11.6. The van der Waals surface area contributed by atoms with E-state index in [4.69, 9.17) is 0 Å². The van der Waals surface area contributed by atoms with E-state index in [0.29, 0.717) is 0 Å². The molecule has 1 aromatic heterocycles. The Morgan fingerprint density at radius 3 is 2.67 bits per heavy atom. The fourth-order valence-corrected chi connectivity index (χ4v) is 2.46. The van der Waals surface area contributed by atoms with Gasteiger partial charge in [-0.2, -0.15) is 0 Å². The second-order valence-corrected chi connectivity index (χ2v) is 4.95. The summed E-state index contributed by atoms with van der Waals surface area (Å²) in [6.45, 7) is 8.08. The molecule has 1 aliphatic heterocycles. The molecule has 2 rings (SSSR count). The molecule has 0 N–H and O–H groups in total. The molecule has 0 fully saturated rings. The van der Waals surface area contributed by atoms with Gasteiger partial charge in [0.05, 0.1) is 6.20 Å². The lowest BCUT2D eigenvalue weighted by atomic mass is 10.1. The first-order valence-electron chi connectivity index (χ1n) is 6.36. The van der Waals surface area contributed by atoms with Crippen LogP contribution in [0.25, 0.3) is 0 Å². The summed E-state index contributed by atoms with van der Waals surface area (Å²) in [6, 6.07) is 0.109. The van der Waals surface area contributed by atoms with Crippen LogP contribution in [0.4, 0.5) is 11.5 Å². The Morgan fingerprint density at radius 2 is 2.11 bits per heavy atom. The van der Waals surface area contributed by atoms with Crippen molar-refractivity contribution in [1.82, 2.24) is 9.97 Å². The van der Waals surface area contributed by atoms with Crippen molar-refractivity contribution in [3.63, 3.8) is 0 Å². The largest absolute Gasteiger partial charge is 0.340 e. The van der Waals surface area contributed by atoms with Gasteiger partial charge in [0.25, 0.3) is 0 Å². The van der Waals surface area contributed by atoms with Crippen LogP contribution in [-0.4, -0.2) is 35.0 Å². The fraction of sp³-hybridized carbons (Fsp3) is 0.615. The highest BCUT2D eigenvalue weighted by molar-refractivity contribution is 6.04. The van der Waals surface area contributed by atoms with Gasteiger partial charge in [0.2, 0.25) is 5.91 Å². The van der Waals surface area contributed by atoms with Gasteiger partial charge in [0.1, 0.15) is 17.6 Å². The van der Waals surface area contributed by atoms with Crippen LogP contribution in [0, 0.1) is 6.92 Å². The van der Waals surface area contributed by atoms with Crippen LogP contribution in [0.2, 0.25) is 0 Å². The first-order chi connectivity index (χ1) is 8.47. The number of likely N-dealkylation sites (N-methyl/N-ethyl adjacent to an activating group) is 1. The maximum atomic E-state index is 12.3. The van der Waals surface area contributed by atoms with Gasteiger partial charge in [-0.25, -0.2) is 9.97 Å². The molecule has 5 nitrogen and oxygen atoms in total. The number of hydrogen-bond acceptors (Lipinski definition) is 4. The molecule has 98 valence electrons. The topological polar surface area (TPSA) is 49.3 Å². The molecule has 1 amide bonds. The Kier molecular flexibility index (Phi) is 3.24. The minimum atomic E-state index is -0.128. The number of nitrogens with zero attached hydrogens (tertiary/aromatic N) is 4. The molecular formula is C13H20N4O. The second kappa shape index (κ2) is 4.55. The number of carbonyl (C=O) groups excluding carboxylic acids is 1. The molecule has 0 aromatic carbocycles. The normalized spacial score (nSPS) is 19.4. The van der Waals surface area contributed by atoms with Crippen molar-refractivity contribution in [2.24, 2.45) is 0 Å². The van der Waals surface area contributed by atoms with Crippen LogP contribution in [0.5, 0.6) is 0 Å². The predicted molar refractivity (Wildman–Crippen MR) is 71.9 cm³/mol. The lowest BCUT2D eigenvalue weighted by Crippen LogP contribution is -2.55. The molecule has 18 heavy (non-hydrogen) atoms. The summed E-state index contributed by atoms with van der Waals surface area (Å²) >= 11 is 0. The predicted octanol–water partition coefficient (Wildman–Crippen LogP) is 1.75. The van der Waals surface area contributed by atoms with Gasteiger partial charge in [-0.05, 0) is 27.2 Å². The maximum absolute atomic E-state index is 12.3. The summed E-state index contributed by atoms with van der Waals surface area (Å²) in [5, 5.41) is 0. The molecule has 0 radical (unpaired) electrons. The average molecular weight is 248 g/mol. The van der Waals surface area contributed by atoms with Crippen molar-refractivity contribution < 1.29 is 4.79 Å². The Bertz CT molecular complexity index is 472. The van der Waals surface area contributed by atoms with Crippen LogP contribution in [0.1, 0.15) is 33.0 Å². The average Bonchev–Trinajstić information content (AvgIpc) is 2.32. The van der Waals surface area contributed by atoms with E-state index in [-0.39, 0.29) is 18.0 Å². The SMILES string of the molecule is CCC1C(=O)N(C)c2cnc(C)nc2N1C(C)C. The number of fused-ring (bicyclic) bond motifs is 1. The zero-order chi connectivity index (χ0) is 13.4. The quantitative estimate of drug-likeness (QED) is 0.800. The number of aromatic nitrogens is 2. The minimum absolute atomic E-state index is 0.117. The number of hydrogen-bond donors (Lipinski definition) is 0. The second-order valence-electron chi connectivity index (χ2n) is 4.95. The van der Waals surface area contributed by atoms with E-state index < -0.39 is 0 Å². The molecule has 0 spiro atoms. The smallest absolute Gasteiger partial charge is 0.249 e. The third-order valence-corrected chi connectivity index (χ3v) is 3.37. The highest BCUT2D eigenvalue weighted by atomic mass is 16.2. The number of anilines is 2. The van der Waals surface area contributed by atoms with Gasteiger partial charge in [-0.15, -0.1) is 0 Å². The van der Waals surface area contributed by atoms with Crippen molar-refractivity contribution in [3.8, 4) is 0 Å². The number of amides is 1. The van der Waals surface area contributed by atoms with Crippen LogP contribution in [0.15, 0.2) is 6.20 Å². The molecule has 1 aliphatic rings. The van der Waals surface area contributed by atoms with E-state index in [0.717, 1.165) is 23.8 Å². The first-order valence-corrected chi connectivity index (χ1v) is 6.36. The van der Waals surface area contributed by atoms with Crippen molar-refractivity contribution in [2.45, 2.75) is 46.2 Å². The molecule has 1 atom stereocenters. The fourth-order valence-electron chi connectivity index (χ4n) is 2.46. The van der Waals surface area contributed by atoms with E-state index >= 15 is 0 Å². The summed E-state index contributed by atoms with van der Waals surface area (Å²) in [6.07, 6.45) is 2.51. The Hall–Kier alpha value is -1.65. The maximum Gasteiger partial charge on any atom is 0.249 e. The number of carbonyl (C=O) groups is 1. The molecule has 1 unspecified atom stereocenters. The van der Waals surface area contributed by atoms with Crippen molar-refractivity contribution in [2.75, 3.05) is 16.8 Å². The summed E-state index contributed by atoms with van der Waals surface area (Å²) in [4.78, 5) is 24.8. The molecule has 0 aliphatic carbocycles. The molecule has 0 saturated carbocycles. The lowest BCUT2D eigenvalue weighted by molar-refractivity contribution is -0.120. The van der Waals surface area contributed by atoms with E-state index in [1.165, 1.54) is 0 Å². The Labute approximate surface area is 108 Å². The van der Waals surface area contributed by atoms with E-state index in [1.807, 2.05) is 13.8 Å². The van der Waals surface area contributed by atoms with Gasteiger partial charge in [0, 0.05) is 13.1 Å². The molecule has 0 bridgehead atoms. The van der Waals surface area contributed by atoms with Crippen LogP contribution >= 0.6 is 0 Å². The lowest BCUT2D eigenvalue weighted by Gasteiger charge is -2.42. The Morgan fingerprint density at radius 1 is 1.44 bits per heavy atom. The van der Waals surface area contributed by atoms with Crippen LogP contribution < -0.4 is 9.80 Å². The van der Waals surface area contributed by atoms with Crippen LogP contribution in [0.3, 0.4) is 0 Å². The first kappa shape index (κ1) is 12.8. The molecular weight excluding hydrogens is 228 g/mol. The summed E-state index contributed by atoms with van der Waals surface area (Å²) < 4.78 is 0. The number of aryl methyl sites for hydroxylation is 1. The standard InChI is InChI=1S/C13H20N4O/c1-6-10-13(18)16(5)11-7-14-9(4)15-12(11)17(10)8(2)3/h7-8,10H,6H2,1-5H3. The van der Waals surface area contributed by atoms with Gasteiger partial charge in [-0.1, -0.05) is 6.92 Å². The zero-order valence-electron chi connectivity index (χ0n) is 11.6.